The van der Waals surface area contributed by atoms with Crippen molar-refractivity contribution in [2.24, 2.45) is 0 Å². The molecule has 1 rings (SSSR count). The molecule has 0 fully saturated rings. The van der Waals surface area contributed by atoms with E-state index in [-0.39, 0.29) is 6.42 Å². The van der Waals surface area contributed by atoms with Crippen molar-refractivity contribution >= 4 is 17.6 Å². The third-order valence-electron chi connectivity index (χ3n) is 2.01. The fourth-order valence-electron chi connectivity index (χ4n) is 1.14. The molecule has 0 aromatic carbocycles. The largest absolute Gasteiger partial charge is 0.480 e. The molecule has 0 spiro atoms. The van der Waals surface area contributed by atoms with Crippen LogP contribution in [0.3, 0.4) is 0 Å². The van der Waals surface area contributed by atoms with Crippen molar-refractivity contribution in [1.82, 2.24) is 10.3 Å². The molecule has 1 atom stereocenters. The highest BCUT2D eigenvalue weighted by atomic mass is 16.4. The first-order chi connectivity index (χ1) is 8.02. The number of aromatic nitrogens is 1. The van der Waals surface area contributed by atoms with E-state index in [4.69, 9.17) is 15.9 Å². The number of carbonyl (C=O) groups is 2. The number of carboxylic acid groups (broad SMARTS) is 1. The number of aliphatic hydroxyl groups excluding tert-OH is 1. The van der Waals surface area contributed by atoms with Crippen molar-refractivity contribution < 1.29 is 19.8 Å². The lowest BCUT2D eigenvalue weighted by Gasteiger charge is -2.11. The summed E-state index contributed by atoms with van der Waals surface area (Å²) >= 11 is 0. The summed E-state index contributed by atoms with van der Waals surface area (Å²) in [5.74, 6) is -1.81. The van der Waals surface area contributed by atoms with Gasteiger partial charge in [0, 0.05) is 5.69 Å². The number of hydrogen-bond acceptors (Lipinski definition) is 5. The van der Waals surface area contributed by atoms with E-state index >= 15 is 0 Å². The molecule has 1 aromatic heterocycles. The topological polar surface area (TPSA) is 126 Å². The number of nitrogens with one attached hydrogen (secondary N) is 1. The van der Waals surface area contributed by atoms with Crippen molar-refractivity contribution in [3.63, 3.8) is 0 Å². The maximum Gasteiger partial charge on any atom is 0.328 e. The van der Waals surface area contributed by atoms with Gasteiger partial charge in [-0.15, -0.1) is 0 Å². The molecule has 1 aromatic rings. The van der Waals surface area contributed by atoms with Crippen molar-refractivity contribution in [3.8, 4) is 0 Å². The Morgan fingerprint density at radius 1 is 1.47 bits per heavy atom. The molecule has 0 saturated carbocycles. The minimum Gasteiger partial charge on any atom is -0.480 e. The predicted octanol–water partition coefficient (Wildman–Crippen LogP) is -1.23. The van der Waals surface area contributed by atoms with E-state index < -0.39 is 24.5 Å². The first kappa shape index (κ1) is 12.9. The van der Waals surface area contributed by atoms with Crippen LogP contribution in [0, 0.1) is 0 Å². The summed E-state index contributed by atoms with van der Waals surface area (Å²) in [6, 6.07) is 1.87. The number of anilines is 1. The summed E-state index contributed by atoms with van der Waals surface area (Å²) in [4.78, 5) is 25.9. The average Bonchev–Trinajstić information content (AvgIpc) is 2.28. The minimum atomic E-state index is -1.30. The number of carbonyl (C=O) groups excluding carboxylic acids is 1. The number of nitrogens with zero attached hydrogens (tertiary/aromatic N) is 1. The molecule has 7 nitrogen and oxygen atoms in total. The number of nitrogen functional groups attached to an aromatic ring is 1. The van der Waals surface area contributed by atoms with Crippen LogP contribution in [0.15, 0.2) is 18.3 Å². The van der Waals surface area contributed by atoms with E-state index in [2.05, 4.69) is 10.3 Å². The summed E-state index contributed by atoms with van der Waals surface area (Å²) in [6.07, 6.45) is 1.34. The molecule has 92 valence electrons. The lowest BCUT2D eigenvalue weighted by Crippen LogP contribution is -2.44. The van der Waals surface area contributed by atoms with Crippen LogP contribution >= 0.6 is 0 Å². The van der Waals surface area contributed by atoms with Gasteiger partial charge in [-0.05, 0) is 12.1 Å². The van der Waals surface area contributed by atoms with E-state index in [0.29, 0.717) is 11.4 Å². The highest BCUT2D eigenvalue weighted by Gasteiger charge is 2.18. The van der Waals surface area contributed by atoms with E-state index in [1.54, 1.807) is 12.1 Å². The summed E-state index contributed by atoms with van der Waals surface area (Å²) in [5.41, 5.74) is 6.38. The SMILES string of the molecule is Nc1ccc(CC(=O)N[C@@H](CO)C(=O)O)nc1. The Hall–Kier alpha value is -2.15. The molecule has 0 saturated heterocycles. The fourth-order valence-corrected chi connectivity index (χ4v) is 1.14. The van der Waals surface area contributed by atoms with Crippen LogP contribution in [0.2, 0.25) is 0 Å². The Morgan fingerprint density at radius 2 is 2.18 bits per heavy atom. The molecule has 5 N–H and O–H groups in total. The zero-order chi connectivity index (χ0) is 12.8. The highest BCUT2D eigenvalue weighted by Crippen LogP contribution is 2.01. The third-order valence-corrected chi connectivity index (χ3v) is 2.01. The Bertz CT molecular complexity index is 405. The van der Waals surface area contributed by atoms with Crippen LogP contribution in [0.1, 0.15) is 5.69 Å². The fraction of sp³-hybridized carbons (Fsp3) is 0.300. The highest BCUT2D eigenvalue weighted by molar-refractivity contribution is 5.84. The molecule has 0 aliphatic carbocycles. The molecular formula is C10H13N3O4. The van der Waals surface area contributed by atoms with Crippen LogP contribution in [0.25, 0.3) is 0 Å². The van der Waals surface area contributed by atoms with Crippen molar-refractivity contribution in [2.45, 2.75) is 12.5 Å². The van der Waals surface area contributed by atoms with Crippen LogP contribution in [-0.4, -0.2) is 39.7 Å². The van der Waals surface area contributed by atoms with E-state index in [1.165, 1.54) is 6.20 Å². The standard InChI is InChI=1S/C10H13N3O4/c11-6-1-2-7(12-4-6)3-9(15)13-8(5-14)10(16)17/h1-2,4,8,14H,3,5,11H2,(H,13,15)(H,16,17)/t8-/m0/s1. The summed E-state index contributed by atoms with van der Waals surface area (Å²) in [7, 11) is 0. The zero-order valence-electron chi connectivity index (χ0n) is 8.96. The van der Waals surface area contributed by atoms with Gasteiger partial charge in [0.2, 0.25) is 5.91 Å². The van der Waals surface area contributed by atoms with Gasteiger partial charge in [-0.3, -0.25) is 9.78 Å². The first-order valence-corrected chi connectivity index (χ1v) is 4.86. The number of aliphatic hydroxyl groups is 1. The number of nitrogens with two attached hydrogens (primary N) is 1. The maximum atomic E-state index is 11.4. The quantitative estimate of drug-likeness (QED) is 0.509. The van der Waals surface area contributed by atoms with Crippen LogP contribution < -0.4 is 11.1 Å². The summed E-state index contributed by atoms with van der Waals surface area (Å²) < 4.78 is 0. The molecule has 1 amide bonds. The Morgan fingerprint density at radius 3 is 2.65 bits per heavy atom. The lowest BCUT2D eigenvalue weighted by molar-refractivity contribution is -0.142. The first-order valence-electron chi connectivity index (χ1n) is 4.86. The Balaban J connectivity index is 2.54. The summed E-state index contributed by atoms with van der Waals surface area (Å²) in [6.45, 7) is -0.657. The van der Waals surface area contributed by atoms with Crippen LogP contribution in [-0.2, 0) is 16.0 Å². The molecule has 17 heavy (non-hydrogen) atoms. The second kappa shape index (κ2) is 5.80. The predicted molar refractivity (Wildman–Crippen MR) is 59.0 cm³/mol. The number of aliphatic carboxylic acids is 1. The molecule has 0 bridgehead atoms. The third kappa shape index (κ3) is 4.07. The molecule has 0 radical (unpaired) electrons. The smallest absolute Gasteiger partial charge is 0.328 e. The molecule has 0 aliphatic heterocycles. The van der Waals surface area contributed by atoms with E-state index in [1.807, 2.05) is 0 Å². The van der Waals surface area contributed by atoms with Crippen LogP contribution in [0.5, 0.6) is 0 Å². The zero-order valence-corrected chi connectivity index (χ0v) is 8.96. The van der Waals surface area contributed by atoms with Gasteiger partial charge in [0.1, 0.15) is 6.04 Å². The van der Waals surface area contributed by atoms with Gasteiger partial charge in [0.25, 0.3) is 0 Å². The Kier molecular flexibility index (Phi) is 4.41. The molecular weight excluding hydrogens is 226 g/mol. The van der Waals surface area contributed by atoms with Gasteiger partial charge in [-0.1, -0.05) is 0 Å². The van der Waals surface area contributed by atoms with Crippen molar-refractivity contribution in [2.75, 3.05) is 12.3 Å². The molecule has 1 heterocycles. The lowest BCUT2D eigenvalue weighted by atomic mass is 10.2. The second-order valence-corrected chi connectivity index (χ2v) is 3.40. The van der Waals surface area contributed by atoms with Gasteiger partial charge >= 0.3 is 5.97 Å². The van der Waals surface area contributed by atoms with Gasteiger partial charge < -0.3 is 21.3 Å². The monoisotopic (exact) mass is 239 g/mol. The second-order valence-electron chi connectivity index (χ2n) is 3.40. The number of carboxylic acids is 1. The number of rotatable bonds is 5. The normalized spacial score (nSPS) is 11.8. The average molecular weight is 239 g/mol. The van der Waals surface area contributed by atoms with E-state index in [0.717, 1.165) is 0 Å². The van der Waals surface area contributed by atoms with Crippen molar-refractivity contribution in [1.29, 1.82) is 0 Å². The molecule has 0 aliphatic rings. The van der Waals surface area contributed by atoms with Gasteiger partial charge in [-0.2, -0.15) is 0 Å². The van der Waals surface area contributed by atoms with Gasteiger partial charge in [0.15, 0.2) is 0 Å². The van der Waals surface area contributed by atoms with Crippen molar-refractivity contribution in [3.05, 3.63) is 24.0 Å². The maximum absolute atomic E-state index is 11.4. The number of amides is 1. The Labute approximate surface area is 97.3 Å². The van der Waals surface area contributed by atoms with E-state index in [9.17, 15) is 9.59 Å². The molecule has 7 heteroatoms. The minimum absolute atomic E-state index is 0.0654. The van der Waals surface area contributed by atoms with Gasteiger partial charge in [0.05, 0.1) is 24.9 Å². The molecule has 0 unspecified atom stereocenters. The number of hydrogen-bond donors (Lipinski definition) is 4. The van der Waals surface area contributed by atoms with Crippen LogP contribution in [0.4, 0.5) is 5.69 Å². The summed E-state index contributed by atoms with van der Waals surface area (Å²) in [5, 5.41) is 19.5. The van der Waals surface area contributed by atoms with Gasteiger partial charge in [-0.25, -0.2) is 4.79 Å². The number of pyridine rings is 1.